The van der Waals surface area contributed by atoms with Gasteiger partial charge in [-0.2, -0.15) is 5.26 Å². The van der Waals surface area contributed by atoms with Crippen LogP contribution in [-0.2, 0) is 0 Å². The molecule has 18 heavy (non-hydrogen) atoms. The van der Waals surface area contributed by atoms with Crippen LogP contribution in [0.15, 0.2) is 18.3 Å². The standard InChI is InChI=1S/C13H18N4O/c1-4-17(9-5-8-14)12-7-6-11(10-15-12)13(18)16(2)3/h6-7,10H,4-5,9H2,1-3H3. The minimum atomic E-state index is -0.0610. The third-order valence-corrected chi connectivity index (χ3v) is 2.60. The van der Waals surface area contributed by atoms with E-state index in [1.54, 1.807) is 26.4 Å². The van der Waals surface area contributed by atoms with Crippen molar-refractivity contribution in [1.82, 2.24) is 9.88 Å². The van der Waals surface area contributed by atoms with Gasteiger partial charge in [0.15, 0.2) is 0 Å². The Morgan fingerprint density at radius 1 is 1.44 bits per heavy atom. The topological polar surface area (TPSA) is 60.2 Å². The molecule has 1 aromatic heterocycles. The van der Waals surface area contributed by atoms with Gasteiger partial charge in [-0.3, -0.25) is 4.79 Å². The van der Waals surface area contributed by atoms with Crippen molar-refractivity contribution in [3.05, 3.63) is 23.9 Å². The van der Waals surface area contributed by atoms with E-state index < -0.39 is 0 Å². The van der Waals surface area contributed by atoms with E-state index in [0.29, 0.717) is 18.5 Å². The van der Waals surface area contributed by atoms with Crippen molar-refractivity contribution in [2.24, 2.45) is 0 Å². The van der Waals surface area contributed by atoms with E-state index in [1.165, 1.54) is 4.90 Å². The van der Waals surface area contributed by atoms with Gasteiger partial charge in [0.1, 0.15) is 5.82 Å². The van der Waals surface area contributed by atoms with Crippen LogP contribution >= 0.6 is 0 Å². The molecule has 96 valence electrons. The van der Waals surface area contributed by atoms with Crippen molar-refractivity contribution in [1.29, 1.82) is 5.26 Å². The quantitative estimate of drug-likeness (QED) is 0.790. The normalized spacial score (nSPS) is 9.67. The van der Waals surface area contributed by atoms with Crippen molar-refractivity contribution in [2.45, 2.75) is 13.3 Å². The first-order chi connectivity index (χ1) is 8.60. The van der Waals surface area contributed by atoms with E-state index in [4.69, 9.17) is 5.26 Å². The molecule has 0 atom stereocenters. The predicted octanol–water partition coefficient (Wildman–Crippen LogP) is 1.52. The number of aromatic nitrogens is 1. The van der Waals surface area contributed by atoms with E-state index in [9.17, 15) is 4.79 Å². The lowest BCUT2D eigenvalue weighted by molar-refractivity contribution is 0.0827. The zero-order chi connectivity index (χ0) is 13.5. The number of nitrogens with zero attached hydrogens (tertiary/aromatic N) is 4. The Balaban J connectivity index is 2.81. The van der Waals surface area contributed by atoms with Crippen LogP contribution in [0.5, 0.6) is 0 Å². The molecule has 0 saturated heterocycles. The van der Waals surface area contributed by atoms with E-state index >= 15 is 0 Å². The molecule has 0 N–H and O–H groups in total. The van der Waals surface area contributed by atoms with Crippen LogP contribution in [-0.4, -0.2) is 43.0 Å². The van der Waals surface area contributed by atoms with E-state index in [-0.39, 0.29) is 5.91 Å². The molecular weight excluding hydrogens is 228 g/mol. The first-order valence-corrected chi connectivity index (χ1v) is 5.89. The van der Waals surface area contributed by atoms with Gasteiger partial charge in [0.25, 0.3) is 5.91 Å². The predicted molar refractivity (Wildman–Crippen MR) is 70.4 cm³/mol. The number of rotatable bonds is 5. The first kappa shape index (κ1) is 14.0. The second-order valence-corrected chi connectivity index (χ2v) is 4.09. The minimum absolute atomic E-state index is 0.0610. The first-order valence-electron chi connectivity index (χ1n) is 5.89. The third kappa shape index (κ3) is 3.45. The van der Waals surface area contributed by atoms with Crippen LogP contribution in [0, 0.1) is 11.3 Å². The summed E-state index contributed by atoms with van der Waals surface area (Å²) in [6, 6.07) is 5.70. The lowest BCUT2D eigenvalue weighted by Crippen LogP contribution is -2.25. The number of amides is 1. The summed E-state index contributed by atoms with van der Waals surface area (Å²) < 4.78 is 0. The molecule has 0 aliphatic heterocycles. The van der Waals surface area contributed by atoms with E-state index in [1.807, 2.05) is 17.9 Å². The average molecular weight is 246 g/mol. The van der Waals surface area contributed by atoms with Crippen LogP contribution in [0.25, 0.3) is 0 Å². The van der Waals surface area contributed by atoms with Crippen LogP contribution in [0.2, 0.25) is 0 Å². The van der Waals surface area contributed by atoms with E-state index in [2.05, 4.69) is 11.1 Å². The maximum Gasteiger partial charge on any atom is 0.254 e. The number of hydrogen-bond acceptors (Lipinski definition) is 4. The lowest BCUT2D eigenvalue weighted by atomic mass is 10.2. The fourth-order valence-electron chi connectivity index (χ4n) is 1.58. The molecule has 0 bridgehead atoms. The number of nitriles is 1. The highest BCUT2D eigenvalue weighted by Crippen LogP contribution is 2.12. The Kier molecular flexibility index (Phi) is 5.12. The van der Waals surface area contributed by atoms with Gasteiger partial charge in [0.2, 0.25) is 0 Å². The molecule has 0 radical (unpaired) electrons. The number of carbonyl (C=O) groups is 1. The van der Waals surface area contributed by atoms with Crippen LogP contribution in [0.4, 0.5) is 5.82 Å². The molecular formula is C13H18N4O. The van der Waals surface area contributed by atoms with Gasteiger partial charge in [0.05, 0.1) is 18.1 Å². The zero-order valence-electron chi connectivity index (χ0n) is 11.1. The van der Waals surface area contributed by atoms with Gasteiger partial charge >= 0.3 is 0 Å². The molecule has 5 heteroatoms. The number of carbonyl (C=O) groups excluding carboxylic acids is 1. The second kappa shape index (κ2) is 6.60. The lowest BCUT2D eigenvalue weighted by Gasteiger charge is -2.20. The SMILES string of the molecule is CCN(CCC#N)c1ccc(C(=O)N(C)C)cn1. The summed E-state index contributed by atoms with van der Waals surface area (Å²) in [4.78, 5) is 19.5. The molecule has 1 rings (SSSR count). The Labute approximate surface area is 108 Å². The fraction of sp³-hybridized carbons (Fsp3) is 0.462. The number of anilines is 1. The molecule has 0 spiro atoms. The van der Waals surface area contributed by atoms with Gasteiger partial charge in [-0.25, -0.2) is 4.98 Å². The van der Waals surface area contributed by atoms with Crippen molar-refractivity contribution < 1.29 is 4.79 Å². The summed E-state index contributed by atoms with van der Waals surface area (Å²) in [5.41, 5.74) is 0.570. The summed E-state index contributed by atoms with van der Waals surface area (Å²) in [7, 11) is 3.42. The Bertz CT molecular complexity index is 433. The second-order valence-electron chi connectivity index (χ2n) is 4.09. The molecule has 0 saturated carbocycles. The van der Waals surface area contributed by atoms with Crippen LogP contribution in [0.3, 0.4) is 0 Å². The monoisotopic (exact) mass is 246 g/mol. The summed E-state index contributed by atoms with van der Waals surface area (Å²) in [6.07, 6.45) is 2.04. The maximum atomic E-state index is 11.7. The van der Waals surface area contributed by atoms with Crippen LogP contribution < -0.4 is 4.90 Å². The zero-order valence-corrected chi connectivity index (χ0v) is 11.1. The summed E-state index contributed by atoms with van der Waals surface area (Å²) >= 11 is 0. The minimum Gasteiger partial charge on any atom is -0.356 e. The van der Waals surface area contributed by atoms with Gasteiger partial charge in [-0.05, 0) is 19.1 Å². The molecule has 0 aliphatic carbocycles. The highest BCUT2D eigenvalue weighted by molar-refractivity contribution is 5.93. The largest absolute Gasteiger partial charge is 0.356 e. The van der Waals surface area contributed by atoms with Crippen LogP contribution in [0.1, 0.15) is 23.7 Å². The highest BCUT2D eigenvalue weighted by Gasteiger charge is 2.10. The molecule has 1 heterocycles. The smallest absolute Gasteiger partial charge is 0.254 e. The molecule has 0 fully saturated rings. The average Bonchev–Trinajstić information content (AvgIpc) is 2.39. The molecule has 1 amide bonds. The number of hydrogen-bond donors (Lipinski definition) is 0. The van der Waals surface area contributed by atoms with Gasteiger partial charge in [-0.1, -0.05) is 0 Å². The fourth-order valence-corrected chi connectivity index (χ4v) is 1.58. The van der Waals surface area contributed by atoms with E-state index in [0.717, 1.165) is 12.4 Å². The Morgan fingerprint density at radius 3 is 2.61 bits per heavy atom. The number of pyridine rings is 1. The molecule has 0 aromatic carbocycles. The molecule has 0 unspecified atom stereocenters. The van der Waals surface area contributed by atoms with Gasteiger partial charge in [0, 0.05) is 33.4 Å². The summed E-state index contributed by atoms with van der Waals surface area (Å²) in [5, 5.41) is 8.59. The van der Waals surface area contributed by atoms with Crippen molar-refractivity contribution in [2.75, 3.05) is 32.1 Å². The highest BCUT2D eigenvalue weighted by atomic mass is 16.2. The van der Waals surface area contributed by atoms with Gasteiger partial charge < -0.3 is 9.80 Å². The maximum absolute atomic E-state index is 11.7. The Hall–Kier alpha value is -2.09. The van der Waals surface area contributed by atoms with Crippen molar-refractivity contribution in [3.8, 4) is 6.07 Å². The summed E-state index contributed by atoms with van der Waals surface area (Å²) in [5.74, 6) is 0.733. The molecule has 5 nitrogen and oxygen atoms in total. The Morgan fingerprint density at radius 2 is 2.17 bits per heavy atom. The molecule has 1 aromatic rings. The summed E-state index contributed by atoms with van der Waals surface area (Å²) in [6.45, 7) is 3.45. The van der Waals surface area contributed by atoms with Crippen molar-refractivity contribution >= 4 is 11.7 Å². The van der Waals surface area contributed by atoms with Gasteiger partial charge in [-0.15, -0.1) is 0 Å². The molecule has 0 aliphatic rings. The third-order valence-electron chi connectivity index (χ3n) is 2.60. The van der Waals surface area contributed by atoms with Crippen molar-refractivity contribution in [3.63, 3.8) is 0 Å².